The second kappa shape index (κ2) is 4.88. The number of hydrogen-bond acceptors (Lipinski definition) is 5. The minimum Gasteiger partial charge on any atom is -0.381 e. The average Bonchev–Trinajstić information content (AvgIpc) is 2.16. The number of nitrogen functional groups attached to an aromatic ring is 1. The standard InChI is InChI=1S/C9H16N4O/c1-6-4-9(13-10)12-8(11-6)5-7(2)14-3/h4,7H,5,10H2,1-3H3,(H,11,12,13). The summed E-state index contributed by atoms with van der Waals surface area (Å²) < 4.78 is 5.14. The molecule has 1 aromatic heterocycles. The lowest BCUT2D eigenvalue weighted by atomic mass is 10.2. The average molecular weight is 196 g/mol. The Morgan fingerprint density at radius 1 is 1.57 bits per heavy atom. The van der Waals surface area contributed by atoms with Gasteiger partial charge in [-0.15, -0.1) is 0 Å². The van der Waals surface area contributed by atoms with Crippen molar-refractivity contribution in [2.75, 3.05) is 12.5 Å². The van der Waals surface area contributed by atoms with Gasteiger partial charge < -0.3 is 10.2 Å². The van der Waals surface area contributed by atoms with E-state index in [-0.39, 0.29) is 6.10 Å². The van der Waals surface area contributed by atoms with Gasteiger partial charge in [0.15, 0.2) is 0 Å². The number of hydrogen-bond donors (Lipinski definition) is 2. The first-order chi connectivity index (χ1) is 6.65. The van der Waals surface area contributed by atoms with E-state index in [0.717, 1.165) is 11.5 Å². The molecule has 1 rings (SSSR count). The molecule has 0 aromatic carbocycles. The number of methoxy groups -OCH3 is 1. The summed E-state index contributed by atoms with van der Waals surface area (Å²) in [4.78, 5) is 8.50. The first kappa shape index (κ1) is 10.9. The zero-order valence-corrected chi connectivity index (χ0v) is 8.74. The van der Waals surface area contributed by atoms with Gasteiger partial charge >= 0.3 is 0 Å². The first-order valence-corrected chi connectivity index (χ1v) is 4.49. The number of aromatic nitrogens is 2. The van der Waals surface area contributed by atoms with E-state index in [1.165, 1.54) is 0 Å². The minimum atomic E-state index is 0.113. The van der Waals surface area contributed by atoms with Gasteiger partial charge in [-0.1, -0.05) is 0 Å². The second-order valence-corrected chi connectivity index (χ2v) is 3.21. The number of ether oxygens (including phenoxy) is 1. The number of nitrogens with zero attached hydrogens (tertiary/aromatic N) is 2. The van der Waals surface area contributed by atoms with Gasteiger partial charge in [-0.3, -0.25) is 0 Å². The van der Waals surface area contributed by atoms with Gasteiger partial charge in [0.1, 0.15) is 11.6 Å². The Labute approximate surface area is 83.7 Å². The van der Waals surface area contributed by atoms with Crippen LogP contribution in [0.1, 0.15) is 18.4 Å². The molecule has 0 saturated heterocycles. The van der Waals surface area contributed by atoms with E-state index in [2.05, 4.69) is 15.4 Å². The normalized spacial score (nSPS) is 12.6. The fourth-order valence-corrected chi connectivity index (χ4v) is 1.14. The molecule has 1 heterocycles. The predicted octanol–water partition coefficient (Wildman–Crippen LogP) is 0.648. The van der Waals surface area contributed by atoms with E-state index in [1.807, 2.05) is 13.8 Å². The van der Waals surface area contributed by atoms with Crippen molar-refractivity contribution in [3.8, 4) is 0 Å². The van der Waals surface area contributed by atoms with Crippen LogP contribution in [0.4, 0.5) is 5.82 Å². The molecule has 1 aromatic rings. The topological polar surface area (TPSA) is 73.1 Å². The van der Waals surface area contributed by atoms with Crippen molar-refractivity contribution in [1.29, 1.82) is 0 Å². The highest BCUT2D eigenvalue weighted by molar-refractivity contribution is 5.33. The molecule has 0 aliphatic heterocycles. The largest absolute Gasteiger partial charge is 0.381 e. The molecule has 0 amide bonds. The van der Waals surface area contributed by atoms with E-state index < -0.39 is 0 Å². The van der Waals surface area contributed by atoms with Crippen molar-refractivity contribution in [2.24, 2.45) is 5.84 Å². The molecule has 0 bridgehead atoms. The molecule has 3 N–H and O–H groups in total. The molecule has 5 nitrogen and oxygen atoms in total. The van der Waals surface area contributed by atoms with E-state index in [9.17, 15) is 0 Å². The van der Waals surface area contributed by atoms with Crippen molar-refractivity contribution >= 4 is 5.82 Å². The van der Waals surface area contributed by atoms with Crippen LogP contribution in [0, 0.1) is 6.92 Å². The maximum atomic E-state index is 5.28. The van der Waals surface area contributed by atoms with Crippen molar-refractivity contribution in [3.05, 3.63) is 17.6 Å². The molecule has 14 heavy (non-hydrogen) atoms. The Kier molecular flexibility index (Phi) is 3.79. The van der Waals surface area contributed by atoms with Crippen LogP contribution in [-0.4, -0.2) is 23.2 Å². The van der Waals surface area contributed by atoms with E-state index in [1.54, 1.807) is 13.2 Å². The third-order valence-corrected chi connectivity index (χ3v) is 1.92. The number of hydrazine groups is 1. The zero-order chi connectivity index (χ0) is 10.6. The Hall–Kier alpha value is -1.20. The fourth-order valence-electron chi connectivity index (χ4n) is 1.14. The number of rotatable bonds is 4. The molecule has 0 spiro atoms. The van der Waals surface area contributed by atoms with Gasteiger partial charge in [-0.05, 0) is 13.8 Å². The van der Waals surface area contributed by atoms with Gasteiger partial charge in [-0.2, -0.15) is 0 Å². The summed E-state index contributed by atoms with van der Waals surface area (Å²) in [5.41, 5.74) is 3.40. The third-order valence-electron chi connectivity index (χ3n) is 1.92. The SMILES string of the molecule is COC(C)Cc1nc(C)cc(NN)n1. The van der Waals surface area contributed by atoms with Crippen LogP contribution in [0.3, 0.4) is 0 Å². The van der Waals surface area contributed by atoms with Crippen LogP contribution >= 0.6 is 0 Å². The van der Waals surface area contributed by atoms with Crippen LogP contribution in [0.15, 0.2) is 6.07 Å². The second-order valence-electron chi connectivity index (χ2n) is 3.21. The lowest BCUT2D eigenvalue weighted by Crippen LogP contribution is -2.15. The third kappa shape index (κ3) is 2.93. The Morgan fingerprint density at radius 2 is 2.29 bits per heavy atom. The maximum Gasteiger partial charge on any atom is 0.143 e. The van der Waals surface area contributed by atoms with E-state index >= 15 is 0 Å². The molecule has 78 valence electrons. The summed E-state index contributed by atoms with van der Waals surface area (Å²) in [6, 6.07) is 1.79. The molecular formula is C9H16N4O. The Bertz CT molecular complexity index is 303. The van der Waals surface area contributed by atoms with E-state index in [0.29, 0.717) is 12.2 Å². The molecule has 0 fully saturated rings. The van der Waals surface area contributed by atoms with Gasteiger partial charge in [-0.25, -0.2) is 15.8 Å². The number of nitrogens with two attached hydrogens (primary N) is 1. The quantitative estimate of drug-likeness (QED) is 0.546. The molecule has 0 saturated carbocycles. The lowest BCUT2D eigenvalue weighted by Gasteiger charge is -2.09. The molecule has 0 aliphatic rings. The highest BCUT2D eigenvalue weighted by Gasteiger charge is 2.06. The summed E-state index contributed by atoms with van der Waals surface area (Å²) in [5, 5.41) is 0. The van der Waals surface area contributed by atoms with Crippen molar-refractivity contribution in [3.63, 3.8) is 0 Å². The monoisotopic (exact) mass is 196 g/mol. The molecule has 0 aliphatic carbocycles. The smallest absolute Gasteiger partial charge is 0.143 e. The number of anilines is 1. The van der Waals surface area contributed by atoms with Gasteiger partial charge in [0.2, 0.25) is 0 Å². The fraction of sp³-hybridized carbons (Fsp3) is 0.556. The van der Waals surface area contributed by atoms with Gasteiger partial charge in [0.25, 0.3) is 0 Å². The van der Waals surface area contributed by atoms with Gasteiger partial charge in [0, 0.05) is 25.3 Å². The van der Waals surface area contributed by atoms with Crippen LogP contribution in [0.5, 0.6) is 0 Å². The van der Waals surface area contributed by atoms with Gasteiger partial charge in [0.05, 0.1) is 6.10 Å². The summed E-state index contributed by atoms with van der Waals surface area (Å²) in [5.74, 6) is 6.66. The van der Waals surface area contributed by atoms with Crippen molar-refractivity contribution < 1.29 is 4.74 Å². The first-order valence-electron chi connectivity index (χ1n) is 4.49. The summed E-state index contributed by atoms with van der Waals surface area (Å²) in [6.07, 6.45) is 0.801. The van der Waals surface area contributed by atoms with Crippen LogP contribution in [0.25, 0.3) is 0 Å². The van der Waals surface area contributed by atoms with Crippen molar-refractivity contribution in [1.82, 2.24) is 9.97 Å². The Morgan fingerprint density at radius 3 is 2.86 bits per heavy atom. The Balaban J connectivity index is 2.81. The van der Waals surface area contributed by atoms with Crippen LogP contribution < -0.4 is 11.3 Å². The number of aryl methyl sites for hydroxylation is 1. The highest BCUT2D eigenvalue weighted by Crippen LogP contribution is 2.07. The molecule has 5 heteroatoms. The predicted molar refractivity (Wildman–Crippen MR) is 54.8 cm³/mol. The maximum absolute atomic E-state index is 5.28. The minimum absolute atomic E-state index is 0.113. The molecule has 0 radical (unpaired) electrons. The van der Waals surface area contributed by atoms with E-state index in [4.69, 9.17) is 10.6 Å². The van der Waals surface area contributed by atoms with Crippen LogP contribution in [0.2, 0.25) is 0 Å². The zero-order valence-electron chi connectivity index (χ0n) is 8.74. The lowest BCUT2D eigenvalue weighted by molar-refractivity contribution is 0.117. The molecule has 1 unspecified atom stereocenters. The highest BCUT2D eigenvalue weighted by atomic mass is 16.5. The molecule has 1 atom stereocenters. The van der Waals surface area contributed by atoms with Crippen molar-refractivity contribution in [2.45, 2.75) is 26.4 Å². The number of nitrogens with one attached hydrogen (secondary N) is 1. The van der Waals surface area contributed by atoms with Crippen LogP contribution in [-0.2, 0) is 11.2 Å². The summed E-state index contributed by atoms with van der Waals surface area (Å²) in [6.45, 7) is 3.88. The molecular weight excluding hydrogens is 180 g/mol. The summed E-state index contributed by atoms with van der Waals surface area (Å²) in [7, 11) is 1.67. The summed E-state index contributed by atoms with van der Waals surface area (Å²) >= 11 is 0.